The summed E-state index contributed by atoms with van der Waals surface area (Å²) in [6, 6.07) is 5.83. The van der Waals surface area contributed by atoms with Gasteiger partial charge in [0.15, 0.2) is 11.6 Å². The number of amides is 1. The number of H-pyrrole nitrogens is 1. The standard InChI is InChI=1S/C17H17FN6O/c1-10-15(20-9-19-10)16-22-21-14-8-23(17(25)11(2)24(14)16)7-12-4-3-5-13(18)6-12/h3-6,9,11H,7-8H2,1-2H3,(H,19,20)/t11-/m0/s1. The van der Waals surface area contributed by atoms with Crippen LogP contribution in [0.4, 0.5) is 4.39 Å². The van der Waals surface area contributed by atoms with Crippen molar-refractivity contribution in [3.8, 4) is 11.5 Å². The molecule has 0 fully saturated rings. The smallest absolute Gasteiger partial charge is 0.246 e. The van der Waals surface area contributed by atoms with Gasteiger partial charge >= 0.3 is 0 Å². The summed E-state index contributed by atoms with van der Waals surface area (Å²) in [4.78, 5) is 21.8. The minimum atomic E-state index is -0.446. The van der Waals surface area contributed by atoms with Crippen molar-refractivity contribution in [2.45, 2.75) is 33.0 Å². The topological polar surface area (TPSA) is 79.7 Å². The second-order valence-electron chi connectivity index (χ2n) is 6.19. The molecule has 0 saturated carbocycles. The molecule has 2 aromatic heterocycles. The van der Waals surface area contributed by atoms with E-state index in [1.54, 1.807) is 23.4 Å². The highest BCUT2D eigenvalue weighted by molar-refractivity contribution is 5.82. The van der Waals surface area contributed by atoms with Crippen LogP contribution in [0.3, 0.4) is 0 Å². The molecule has 1 aliphatic heterocycles. The zero-order valence-electron chi connectivity index (χ0n) is 13.9. The first-order valence-corrected chi connectivity index (χ1v) is 8.02. The Morgan fingerprint density at radius 2 is 2.20 bits per heavy atom. The predicted molar refractivity (Wildman–Crippen MR) is 87.7 cm³/mol. The van der Waals surface area contributed by atoms with E-state index in [1.807, 2.05) is 18.4 Å². The number of carbonyl (C=O) groups excluding carboxylic acids is 1. The Bertz CT molecular complexity index is 946. The third-order valence-electron chi connectivity index (χ3n) is 4.46. The van der Waals surface area contributed by atoms with Gasteiger partial charge in [0.2, 0.25) is 5.91 Å². The summed E-state index contributed by atoms with van der Waals surface area (Å²) in [5.74, 6) is 0.918. The van der Waals surface area contributed by atoms with Gasteiger partial charge in [-0.1, -0.05) is 12.1 Å². The fourth-order valence-corrected chi connectivity index (χ4v) is 3.20. The number of halogens is 1. The number of imidazole rings is 1. The lowest BCUT2D eigenvalue weighted by atomic mass is 10.1. The van der Waals surface area contributed by atoms with Gasteiger partial charge in [-0.2, -0.15) is 0 Å². The van der Waals surface area contributed by atoms with Crippen molar-refractivity contribution >= 4 is 5.91 Å². The minimum Gasteiger partial charge on any atom is -0.348 e. The Balaban J connectivity index is 1.67. The second kappa shape index (κ2) is 5.80. The highest BCUT2D eigenvalue weighted by Crippen LogP contribution is 2.29. The molecule has 0 bridgehead atoms. The van der Waals surface area contributed by atoms with Gasteiger partial charge < -0.3 is 9.88 Å². The molecule has 0 saturated heterocycles. The maximum atomic E-state index is 13.4. The molecule has 3 heterocycles. The van der Waals surface area contributed by atoms with E-state index < -0.39 is 6.04 Å². The first-order valence-electron chi connectivity index (χ1n) is 8.02. The average molecular weight is 340 g/mol. The molecule has 8 heteroatoms. The second-order valence-corrected chi connectivity index (χ2v) is 6.19. The molecule has 3 aromatic rings. The zero-order chi connectivity index (χ0) is 17.6. The molecule has 4 rings (SSSR count). The molecule has 1 amide bonds. The highest BCUT2D eigenvalue weighted by atomic mass is 19.1. The Hall–Kier alpha value is -3.03. The molecule has 25 heavy (non-hydrogen) atoms. The first-order chi connectivity index (χ1) is 12.0. The fourth-order valence-electron chi connectivity index (χ4n) is 3.20. The van der Waals surface area contributed by atoms with Crippen LogP contribution in [0, 0.1) is 12.7 Å². The Labute approximate surface area is 143 Å². The Morgan fingerprint density at radius 3 is 2.92 bits per heavy atom. The third kappa shape index (κ3) is 2.59. The van der Waals surface area contributed by atoms with E-state index in [4.69, 9.17) is 0 Å². The van der Waals surface area contributed by atoms with Gasteiger partial charge in [0.1, 0.15) is 17.6 Å². The van der Waals surface area contributed by atoms with E-state index in [-0.39, 0.29) is 11.7 Å². The number of nitrogens with zero attached hydrogens (tertiary/aromatic N) is 5. The highest BCUT2D eigenvalue weighted by Gasteiger charge is 2.34. The quantitative estimate of drug-likeness (QED) is 0.793. The lowest BCUT2D eigenvalue weighted by Crippen LogP contribution is -2.41. The van der Waals surface area contributed by atoms with Crippen LogP contribution in [0.2, 0.25) is 0 Å². The number of hydrogen-bond acceptors (Lipinski definition) is 4. The molecule has 1 aromatic carbocycles. The lowest BCUT2D eigenvalue weighted by Gasteiger charge is -2.32. The van der Waals surface area contributed by atoms with E-state index in [0.29, 0.717) is 30.4 Å². The predicted octanol–water partition coefficient (Wildman–Crippen LogP) is 2.22. The van der Waals surface area contributed by atoms with E-state index in [0.717, 1.165) is 11.3 Å². The molecule has 1 atom stereocenters. The van der Waals surface area contributed by atoms with Crippen molar-refractivity contribution in [1.29, 1.82) is 0 Å². The summed E-state index contributed by atoms with van der Waals surface area (Å²) in [5, 5.41) is 8.47. The van der Waals surface area contributed by atoms with Crippen LogP contribution < -0.4 is 0 Å². The van der Waals surface area contributed by atoms with Gasteiger partial charge in [-0.3, -0.25) is 9.36 Å². The van der Waals surface area contributed by atoms with Gasteiger partial charge in [0.25, 0.3) is 0 Å². The van der Waals surface area contributed by atoms with Crippen LogP contribution in [-0.4, -0.2) is 35.5 Å². The van der Waals surface area contributed by atoms with Crippen molar-refractivity contribution in [3.05, 3.63) is 53.5 Å². The van der Waals surface area contributed by atoms with Crippen LogP contribution in [0.1, 0.15) is 30.0 Å². The van der Waals surface area contributed by atoms with Crippen molar-refractivity contribution in [3.63, 3.8) is 0 Å². The van der Waals surface area contributed by atoms with Crippen molar-refractivity contribution in [2.75, 3.05) is 0 Å². The number of carbonyl (C=O) groups is 1. The number of benzene rings is 1. The van der Waals surface area contributed by atoms with Gasteiger partial charge in [-0.05, 0) is 31.5 Å². The molecule has 7 nitrogen and oxygen atoms in total. The molecular weight excluding hydrogens is 323 g/mol. The van der Waals surface area contributed by atoms with Crippen molar-refractivity contribution < 1.29 is 9.18 Å². The summed E-state index contributed by atoms with van der Waals surface area (Å²) in [6.45, 7) is 4.38. The summed E-state index contributed by atoms with van der Waals surface area (Å²) in [5.41, 5.74) is 2.31. The maximum Gasteiger partial charge on any atom is 0.246 e. The summed E-state index contributed by atoms with van der Waals surface area (Å²) in [7, 11) is 0. The summed E-state index contributed by atoms with van der Waals surface area (Å²) < 4.78 is 15.2. The van der Waals surface area contributed by atoms with E-state index in [9.17, 15) is 9.18 Å². The molecular formula is C17H17FN6O. The van der Waals surface area contributed by atoms with Gasteiger partial charge in [-0.15, -0.1) is 10.2 Å². The van der Waals surface area contributed by atoms with Crippen molar-refractivity contribution in [2.24, 2.45) is 0 Å². The van der Waals surface area contributed by atoms with Gasteiger partial charge in [-0.25, -0.2) is 9.37 Å². The summed E-state index contributed by atoms with van der Waals surface area (Å²) >= 11 is 0. The van der Waals surface area contributed by atoms with Gasteiger partial charge in [0, 0.05) is 12.2 Å². The number of aromatic amines is 1. The Morgan fingerprint density at radius 1 is 1.36 bits per heavy atom. The monoisotopic (exact) mass is 340 g/mol. The molecule has 1 aliphatic rings. The van der Waals surface area contributed by atoms with Crippen LogP contribution in [0.5, 0.6) is 0 Å². The molecule has 128 valence electrons. The molecule has 0 aliphatic carbocycles. The van der Waals surface area contributed by atoms with E-state index in [2.05, 4.69) is 20.2 Å². The van der Waals surface area contributed by atoms with Crippen molar-refractivity contribution in [1.82, 2.24) is 29.6 Å². The largest absolute Gasteiger partial charge is 0.348 e. The zero-order valence-corrected chi connectivity index (χ0v) is 13.9. The first kappa shape index (κ1) is 15.5. The summed E-state index contributed by atoms with van der Waals surface area (Å²) in [6.07, 6.45) is 1.60. The van der Waals surface area contributed by atoms with E-state index in [1.165, 1.54) is 12.1 Å². The Kier molecular flexibility index (Phi) is 3.60. The molecule has 1 N–H and O–H groups in total. The number of hydrogen-bond donors (Lipinski definition) is 1. The number of aromatic nitrogens is 5. The molecule has 0 spiro atoms. The molecule has 0 unspecified atom stereocenters. The van der Waals surface area contributed by atoms with Crippen LogP contribution in [0.25, 0.3) is 11.5 Å². The number of nitrogens with one attached hydrogen (secondary N) is 1. The normalized spacial score (nSPS) is 17.0. The lowest BCUT2D eigenvalue weighted by molar-refractivity contribution is -0.137. The maximum absolute atomic E-state index is 13.4. The average Bonchev–Trinajstić information content (AvgIpc) is 3.18. The van der Waals surface area contributed by atoms with Crippen LogP contribution >= 0.6 is 0 Å². The van der Waals surface area contributed by atoms with E-state index >= 15 is 0 Å². The van der Waals surface area contributed by atoms with Gasteiger partial charge in [0.05, 0.1) is 12.9 Å². The van der Waals surface area contributed by atoms with Crippen LogP contribution in [0.15, 0.2) is 30.6 Å². The van der Waals surface area contributed by atoms with Crippen LogP contribution in [-0.2, 0) is 17.9 Å². The SMILES string of the molecule is Cc1[nH]cnc1-c1nnc2n1[C@@H](C)C(=O)N(Cc1cccc(F)c1)C2. The number of fused-ring (bicyclic) bond motifs is 1. The number of aryl methyl sites for hydroxylation is 1. The molecule has 0 radical (unpaired) electrons. The minimum absolute atomic E-state index is 0.0500. The number of rotatable bonds is 3. The third-order valence-corrected chi connectivity index (χ3v) is 4.46. The fraction of sp³-hybridized carbons (Fsp3) is 0.294.